The van der Waals surface area contributed by atoms with Crippen LogP contribution in [0.5, 0.6) is 11.5 Å². The molecule has 0 saturated heterocycles. The quantitative estimate of drug-likeness (QED) is 0.615. The van der Waals surface area contributed by atoms with Crippen molar-refractivity contribution >= 4 is 39.1 Å². The van der Waals surface area contributed by atoms with Gasteiger partial charge in [-0.3, -0.25) is 0 Å². The fourth-order valence-corrected chi connectivity index (χ4v) is 3.49. The third kappa shape index (κ3) is 3.47. The highest BCUT2D eigenvalue weighted by molar-refractivity contribution is 9.09. The van der Waals surface area contributed by atoms with Crippen molar-refractivity contribution in [1.82, 2.24) is 0 Å². The Kier molecular flexibility index (Phi) is 5.42. The molecular formula is C16H15BrCl2O2. The normalized spacial score (nSPS) is 12.1. The molecule has 0 heterocycles. The second-order valence-corrected chi connectivity index (χ2v) is 6.35. The molecule has 0 saturated carbocycles. The molecule has 112 valence electrons. The molecular weight excluding hydrogens is 375 g/mol. The summed E-state index contributed by atoms with van der Waals surface area (Å²) in [5, 5.41) is 1.11. The van der Waals surface area contributed by atoms with E-state index < -0.39 is 0 Å². The van der Waals surface area contributed by atoms with Gasteiger partial charge in [0.15, 0.2) is 0 Å². The van der Waals surface area contributed by atoms with Gasteiger partial charge >= 0.3 is 0 Å². The number of methoxy groups -OCH3 is 2. The summed E-state index contributed by atoms with van der Waals surface area (Å²) < 4.78 is 10.6. The number of hydrogen-bond donors (Lipinski definition) is 0. The third-order valence-electron chi connectivity index (χ3n) is 3.20. The zero-order valence-electron chi connectivity index (χ0n) is 11.9. The van der Waals surface area contributed by atoms with Gasteiger partial charge < -0.3 is 9.47 Å². The molecule has 0 amide bonds. The van der Waals surface area contributed by atoms with E-state index in [4.69, 9.17) is 32.7 Å². The summed E-state index contributed by atoms with van der Waals surface area (Å²) in [7, 11) is 3.21. The lowest BCUT2D eigenvalue weighted by Gasteiger charge is -2.18. The van der Waals surface area contributed by atoms with Crippen molar-refractivity contribution in [3.8, 4) is 11.5 Å². The van der Waals surface area contributed by atoms with Gasteiger partial charge in [-0.15, -0.1) is 0 Å². The Labute approximate surface area is 143 Å². The average Bonchev–Trinajstić information content (AvgIpc) is 2.48. The third-order valence-corrected chi connectivity index (χ3v) is 4.81. The van der Waals surface area contributed by atoms with E-state index in [2.05, 4.69) is 22.0 Å². The van der Waals surface area contributed by atoms with E-state index in [0.29, 0.717) is 15.8 Å². The first-order valence-electron chi connectivity index (χ1n) is 6.29. The highest BCUT2D eigenvalue weighted by atomic mass is 79.9. The first kappa shape index (κ1) is 16.5. The molecule has 1 atom stereocenters. The maximum Gasteiger partial charge on any atom is 0.138 e. The first-order valence-corrected chi connectivity index (χ1v) is 7.96. The minimum Gasteiger partial charge on any atom is -0.496 e. The Morgan fingerprint density at radius 2 is 1.57 bits per heavy atom. The molecule has 0 N–H and O–H groups in total. The number of aryl methyl sites for hydroxylation is 1. The zero-order chi connectivity index (χ0) is 15.6. The molecule has 0 aliphatic heterocycles. The summed E-state index contributed by atoms with van der Waals surface area (Å²) in [6, 6.07) is 9.54. The van der Waals surface area contributed by atoms with Crippen LogP contribution in [0.15, 0.2) is 30.3 Å². The van der Waals surface area contributed by atoms with Crippen LogP contribution in [0.2, 0.25) is 10.0 Å². The lowest BCUT2D eigenvalue weighted by Crippen LogP contribution is -1.99. The Bertz CT molecular complexity index is 659. The van der Waals surface area contributed by atoms with Gasteiger partial charge in [0.2, 0.25) is 0 Å². The van der Waals surface area contributed by atoms with Gasteiger partial charge in [0, 0.05) is 16.7 Å². The van der Waals surface area contributed by atoms with Gasteiger partial charge in [0.25, 0.3) is 0 Å². The number of benzene rings is 2. The number of hydrogen-bond acceptors (Lipinski definition) is 2. The molecule has 2 aromatic carbocycles. The van der Waals surface area contributed by atoms with E-state index in [1.54, 1.807) is 20.3 Å². The van der Waals surface area contributed by atoms with Crippen LogP contribution < -0.4 is 9.47 Å². The first-order chi connectivity index (χ1) is 9.97. The molecule has 0 radical (unpaired) electrons. The highest BCUT2D eigenvalue weighted by Gasteiger charge is 2.20. The van der Waals surface area contributed by atoms with Crippen LogP contribution in [-0.4, -0.2) is 14.2 Å². The minimum absolute atomic E-state index is 0.122. The second-order valence-electron chi connectivity index (χ2n) is 4.62. The van der Waals surface area contributed by atoms with Crippen molar-refractivity contribution in [3.63, 3.8) is 0 Å². The average molecular weight is 390 g/mol. The number of halogens is 3. The van der Waals surface area contributed by atoms with Gasteiger partial charge in [-0.05, 0) is 24.6 Å². The van der Waals surface area contributed by atoms with Crippen molar-refractivity contribution in [3.05, 3.63) is 57.1 Å². The smallest absolute Gasteiger partial charge is 0.138 e. The standard InChI is InChI=1S/C16H15BrCl2O2/c1-9-4-5-14(20-2)11(6-9)16(17)10-7-13(19)15(21-3)8-12(10)18/h4-8,16H,1-3H3. The van der Waals surface area contributed by atoms with Crippen molar-refractivity contribution < 1.29 is 9.47 Å². The Morgan fingerprint density at radius 3 is 2.19 bits per heavy atom. The van der Waals surface area contributed by atoms with Crippen molar-refractivity contribution in [2.45, 2.75) is 11.8 Å². The highest BCUT2D eigenvalue weighted by Crippen LogP contribution is 2.43. The lowest BCUT2D eigenvalue weighted by atomic mass is 10.0. The van der Waals surface area contributed by atoms with Crippen LogP contribution in [-0.2, 0) is 0 Å². The SMILES string of the molecule is COc1cc(Cl)c(C(Br)c2cc(C)ccc2OC)cc1Cl. The molecule has 1 unspecified atom stereocenters. The van der Waals surface area contributed by atoms with E-state index in [9.17, 15) is 0 Å². The summed E-state index contributed by atoms with van der Waals surface area (Å²) in [6.45, 7) is 2.03. The van der Waals surface area contributed by atoms with Crippen LogP contribution in [0.25, 0.3) is 0 Å². The van der Waals surface area contributed by atoms with Gasteiger partial charge in [-0.2, -0.15) is 0 Å². The molecule has 0 bridgehead atoms. The molecule has 0 spiro atoms. The van der Waals surface area contributed by atoms with Crippen molar-refractivity contribution in [2.75, 3.05) is 14.2 Å². The Hall–Kier alpha value is -0.900. The van der Waals surface area contributed by atoms with E-state index in [1.807, 2.05) is 25.1 Å². The molecule has 0 aliphatic carbocycles. The topological polar surface area (TPSA) is 18.5 Å². The predicted octanol–water partition coefficient (Wildman–Crippen LogP) is 5.80. The maximum absolute atomic E-state index is 6.35. The summed E-state index contributed by atoms with van der Waals surface area (Å²) in [6.07, 6.45) is 0. The molecule has 21 heavy (non-hydrogen) atoms. The largest absolute Gasteiger partial charge is 0.496 e. The van der Waals surface area contributed by atoms with Crippen molar-refractivity contribution in [2.24, 2.45) is 0 Å². The van der Waals surface area contributed by atoms with Gasteiger partial charge in [-0.1, -0.05) is 56.8 Å². The molecule has 0 fully saturated rings. The van der Waals surface area contributed by atoms with E-state index >= 15 is 0 Å². The fraction of sp³-hybridized carbons (Fsp3) is 0.250. The summed E-state index contributed by atoms with van der Waals surface area (Å²) >= 11 is 16.2. The molecule has 0 aromatic heterocycles. The summed E-state index contributed by atoms with van der Waals surface area (Å²) in [4.78, 5) is -0.122. The van der Waals surface area contributed by atoms with E-state index in [0.717, 1.165) is 22.4 Å². The molecule has 2 nitrogen and oxygen atoms in total. The summed E-state index contributed by atoms with van der Waals surface area (Å²) in [5.74, 6) is 1.35. The maximum atomic E-state index is 6.35. The van der Waals surface area contributed by atoms with Gasteiger partial charge in [0.1, 0.15) is 11.5 Å². The van der Waals surface area contributed by atoms with Crippen LogP contribution >= 0.6 is 39.1 Å². The fourth-order valence-electron chi connectivity index (χ4n) is 2.11. The molecule has 2 aromatic rings. The monoisotopic (exact) mass is 388 g/mol. The number of rotatable bonds is 4. The molecule has 5 heteroatoms. The van der Waals surface area contributed by atoms with Crippen molar-refractivity contribution in [1.29, 1.82) is 0 Å². The van der Waals surface area contributed by atoms with E-state index in [-0.39, 0.29) is 4.83 Å². The molecule has 0 aliphatic rings. The summed E-state index contributed by atoms with van der Waals surface area (Å²) in [5.41, 5.74) is 3.01. The lowest BCUT2D eigenvalue weighted by molar-refractivity contribution is 0.410. The van der Waals surface area contributed by atoms with Crippen LogP contribution in [0.4, 0.5) is 0 Å². The minimum atomic E-state index is -0.122. The van der Waals surface area contributed by atoms with Gasteiger partial charge in [-0.25, -0.2) is 0 Å². The Morgan fingerprint density at radius 1 is 0.905 bits per heavy atom. The van der Waals surface area contributed by atoms with Crippen LogP contribution in [0.1, 0.15) is 21.5 Å². The zero-order valence-corrected chi connectivity index (χ0v) is 15.0. The number of alkyl halides is 1. The Balaban J connectivity index is 2.52. The van der Waals surface area contributed by atoms with Crippen LogP contribution in [0, 0.1) is 6.92 Å². The van der Waals surface area contributed by atoms with Gasteiger partial charge in [0.05, 0.1) is 24.1 Å². The predicted molar refractivity (Wildman–Crippen MR) is 91.5 cm³/mol. The van der Waals surface area contributed by atoms with Crippen LogP contribution in [0.3, 0.4) is 0 Å². The van der Waals surface area contributed by atoms with E-state index in [1.165, 1.54) is 0 Å². The number of ether oxygens (including phenoxy) is 2. The second kappa shape index (κ2) is 6.91. The molecule has 2 rings (SSSR count).